The van der Waals surface area contributed by atoms with E-state index in [0.29, 0.717) is 11.3 Å². The van der Waals surface area contributed by atoms with Crippen LogP contribution >= 0.6 is 23.2 Å². The first-order valence-corrected chi connectivity index (χ1v) is 29.3. The largest absolute Gasteiger partial charge is 0.508 e. The second-order valence-corrected chi connectivity index (χ2v) is 22.6. The number of phenolic OH excluding ortho intramolecular Hbond substituents is 4. The van der Waals surface area contributed by atoms with Gasteiger partial charge in [0.05, 0.1) is 28.2 Å². The molecule has 0 radical (unpaired) electrons. The van der Waals surface area contributed by atoms with Gasteiger partial charge >= 0.3 is 30.3 Å². The second-order valence-electron chi connectivity index (χ2n) is 21.8. The lowest BCUT2D eigenvalue weighted by Crippen LogP contribution is -2.59. The van der Waals surface area contributed by atoms with Gasteiger partial charge in [0, 0.05) is 22.8 Å². The number of likely N-dealkylation sites (N-methyl/N-ethyl adjacent to an activating group) is 1. The molecule has 101 heavy (non-hydrogen) atoms. The maximum absolute atomic E-state index is 15.5. The van der Waals surface area contributed by atoms with Gasteiger partial charge in [0.1, 0.15) is 71.2 Å². The normalized spacial score (nSPS) is 20.0. The van der Waals surface area contributed by atoms with Crippen LogP contribution < -0.4 is 63.9 Å². The summed E-state index contributed by atoms with van der Waals surface area (Å²) >= 11 is 13.6. The molecule has 5 heterocycles. The molecule has 0 saturated heterocycles. The summed E-state index contributed by atoms with van der Waals surface area (Å²) in [4.78, 5) is 137. The highest BCUT2D eigenvalue weighted by molar-refractivity contribution is 6.32. The third kappa shape index (κ3) is 18.7. The molecule has 0 unspecified atom stereocenters. The van der Waals surface area contributed by atoms with Crippen LogP contribution in [0.5, 0.6) is 46.0 Å². The number of ether oxygens (including phenoxy) is 2. The van der Waals surface area contributed by atoms with Crippen molar-refractivity contribution in [2.24, 2.45) is 22.2 Å². The van der Waals surface area contributed by atoms with Crippen molar-refractivity contribution >= 4 is 94.1 Å². The molecule has 0 fully saturated rings. The number of fused-ring (bicyclic) bond motifs is 15. The van der Waals surface area contributed by atoms with Gasteiger partial charge < -0.3 is 110 Å². The fourth-order valence-electron chi connectivity index (χ4n) is 9.98. The molecule has 0 saturated carbocycles. The van der Waals surface area contributed by atoms with Crippen LogP contribution in [-0.2, 0) is 54.4 Å². The van der Waals surface area contributed by atoms with E-state index in [4.69, 9.17) is 69.7 Å². The van der Waals surface area contributed by atoms with Crippen molar-refractivity contribution in [1.82, 2.24) is 37.2 Å². The number of nitrogens with zero attached hydrogens (tertiary/aromatic N) is 1. The highest BCUT2D eigenvalue weighted by atomic mass is 35.5. The van der Waals surface area contributed by atoms with Crippen LogP contribution in [0.1, 0.15) is 70.1 Å². The average molecular weight is 1460 g/mol. The molecule has 22 N–H and O–H groups in total. The molecule has 40 heteroatoms. The number of aliphatic hydroxyl groups is 2. The first-order chi connectivity index (χ1) is 47.2. The second kappa shape index (κ2) is 31.3. The fourth-order valence-corrected chi connectivity index (χ4v) is 10.4. The Bertz CT molecular complexity index is 4310. The van der Waals surface area contributed by atoms with E-state index in [-0.39, 0.29) is 56.2 Å². The molecule has 32 nitrogen and oxygen atoms in total. The van der Waals surface area contributed by atoms with Crippen LogP contribution in [0.25, 0.3) is 11.1 Å². The Morgan fingerprint density at radius 1 is 0.604 bits per heavy atom. The van der Waals surface area contributed by atoms with Crippen molar-refractivity contribution in [3.05, 3.63) is 147 Å². The van der Waals surface area contributed by atoms with E-state index in [1.165, 1.54) is 25.2 Å². The van der Waals surface area contributed by atoms with Crippen molar-refractivity contribution in [2.45, 2.75) is 79.7 Å². The maximum Gasteiger partial charge on any atom is 0.490 e. The predicted molar refractivity (Wildman–Crippen MR) is 334 cm³/mol. The third-order valence-corrected chi connectivity index (χ3v) is 15.3. The quantitative estimate of drug-likeness (QED) is 0.0562. The van der Waals surface area contributed by atoms with Crippen LogP contribution in [0.15, 0.2) is 108 Å². The number of carboxylic acids is 3. The number of rotatable bonds is 9. The van der Waals surface area contributed by atoms with Gasteiger partial charge in [-0.3, -0.25) is 33.6 Å². The molecule has 7 amide bonds. The topological polar surface area (TPSA) is 546 Å². The first-order valence-electron chi connectivity index (χ1n) is 28.5. The Kier molecular flexibility index (Phi) is 23.7. The number of nitrogens with one attached hydrogen (secondary N) is 7. The van der Waals surface area contributed by atoms with Gasteiger partial charge in [-0.15, -0.1) is 0 Å². The van der Waals surface area contributed by atoms with E-state index >= 15 is 9.59 Å². The minimum Gasteiger partial charge on any atom is -0.508 e. The number of carboxylic acid groups (broad SMARTS) is 3. The molecule has 5 aliphatic heterocycles. The van der Waals surface area contributed by atoms with Crippen LogP contribution in [-0.4, -0.2) is 155 Å². The van der Waals surface area contributed by atoms with Crippen LogP contribution in [0.3, 0.4) is 0 Å². The molecule has 536 valence electrons. The van der Waals surface area contributed by atoms with Crippen molar-refractivity contribution in [1.29, 1.82) is 0 Å². The number of halogens is 8. The summed E-state index contributed by atoms with van der Waals surface area (Å²) in [6.45, 7) is 0. The summed E-state index contributed by atoms with van der Waals surface area (Å²) in [5, 5.41) is 111. The van der Waals surface area contributed by atoms with Crippen LogP contribution in [0, 0.1) is 0 Å². The van der Waals surface area contributed by atoms with Crippen molar-refractivity contribution in [2.75, 3.05) is 7.05 Å². The average Bonchev–Trinajstić information content (AvgIpc) is 0.770. The van der Waals surface area contributed by atoms with Gasteiger partial charge in [0.25, 0.3) is 0 Å². The minimum absolute atomic E-state index is 0.0435. The number of aliphatic hydroxyl groups excluding tert-OH is 2. The number of aliphatic imine (C=N–C) groups is 1. The third-order valence-electron chi connectivity index (χ3n) is 14.7. The first kappa shape index (κ1) is 76.5. The predicted octanol–water partition coefficient (Wildman–Crippen LogP) is 2.76. The number of aromatic hydroxyl groups is 4. The lowest BCUT2D eigenvalue weighted by molar-refractivity contribution is -0.193. The van der Waals surface area contributed by atoms with Gasteiger partial charge in [-0.05, 0) is 108 Å². The number of carbonyl (C=O) groups excluding carboxylic acids is 7. The van der Waals surface area contributed by atoms with Gasteiger partial charge in [-0.25, -0.2) is 19.4 Å². The monoisotopic (exact) mass is 1460 g/mol. The SMILES string of the molecule is CN[C@H](Cc1cccc(N=C(N)N)c1)C(=O)N[C@H]1C(=O)N[C@@H](CC(N)=O)C(=O)N[C@H]2C(=O)N[C@H]3C(=O)N[C@H](C(=O)N[C@H](C(=O)O)c4cc(O)cc(O)c4-c4cc3ccc4O)[C@H](O)c3ccc(c(Cl)c3)Oc3cc2cc(c3O)Oc2ccc(cc2Cl)[C@H]1O.O=C(O)C(F)(F)F.O=C(O)C(F)(F)F. The summed E-state index contributed by atoms with van der Waals surface area (Å²) in [6, 6.07) is 6.40. The number of guanidine groups is 1. The fraction of sp³-hybridized carbons (Fsp3) is 0.230. The number of carbonyl (C=O) groups is 10. The smallest absolute Gasteiger partial charge is 0.490 e. The van der Waals surface area contributed by atoms with Gasteiger partial charge in [0.15, 0.2) is 23.5 Å². The zero-order valence-electron chi connectivity index (χ0n) is 51.1. The Morgan fingerprint density at radius 3 is 1.66 bits per heavy atom. The zero-order valence-corrected chi connectivity index (χ0v) is 52.6. The summed E-state index contributed by atoms with van der Waals surface area (Å²) in [6.07, 6.45) is -15.4. The molecular formula is C61H55Cl2F6N11O21. The van der Waals surface area contributed by atoms with E-state index in [1.807, 2.05) is 0 Å². The number of hydrogen-bond acceptors (Lipinski definition) is 20. The number of amides is 7. The molecule has 11 bridgehead atoms. The summed E-state index contributed by atoms with van der Waals surface area (Å²) < 4.78 is 75.8. The van der Waals surface area contributed by atoms with E-state index < -0.39 is 184 Å². The number of phenols is 4. The lowest BCUT2D eigenvalue weighted by atomic mass is 9.89. The summed E-state index contributed by atoms with van der Waals surface area (Å²) in [5.74, 6) is -21.1. The standard InChI is InChI=1S/C57H53Cl2N11O17.2C2HF3O2/c1-63-32(12-21-3-2-4-26(11-21)64-57(61)62)50(78)69-45-47(75)23-6-9-36(30(58)14-23)86-38-16-25-17-39(49(38)77)87-37-10-7-24(15-31(37)59)48(76)46-55(83)68-44(56(84)85)29-18-27(71)19-35(73)41(29)28-13-22(5-8-34(28)72)42(52(80)70-46)67-53(81)43(25)66-51(79)33(20-40(60)74)65-54(45)82;2*3-2(4,5)1(6)7/h2-11,13-19,32-33,42-48,63,71-73,75-77H,12,20H2,1H3,(H2,60,74)(H,65,82)(H,66,79)(H,67,81)(H,68,83)(H,69,78)(H,70,80)(H,84,85)(H4,61,62,64);2*(H,6,7)/t32-,33+,42-,43-,44+,45-,46+,47-,48-;;/m1../s1. The van der Waals surface area contributed by atoms with E-state index in [2.05, 4.69) is 42.2 Å². The molecule has 9 atom stereocenters. The Morgan fingerprint density at radius 2 is 1.14 bits per heavy atom. The van der Waals surface area contributed by atoms with Gasteiger partial charge in [-0.2, -0.15) is 26.3 Å². The Labute approximate surface area is 571 Å². The van der Waals surface area contributed by atoms with Crippen LogP contribution in [0.2, 0.25) is 10.0 Å². The molecule has 0 aromatic heterocycles. The highest BCUT2D eigenvalue weighted by Crippen LogP contribution is 2.48. The molecule has 6 aromatic rings. The number of benzene rings is 6. The number of nitrogens with two attached hydrogens (primary N) is 3. The minimum atomic E-state index is -5.08. The van der Waals surface area contributed by atoms with Gasteiger partial charge in [0.2, 0.25) is 47.1 Å². The molecule has 0 spiro atoms. The molecule has 6 aromatic carbocycles. The van der Waals surface area contributed by atoms with Crippen LogP contribution in [0.4, 0.5) is 32.0 Å². The van der Waals surface area contributed by atoms with Gasteiger partial charge in [-0.1, -0.05) is 53.5 Å². The van der Waals surface area contributed by atoms with Crippen molar-refractivity contribution < 1.29 is 130 Å². The summed E-state index contributed by atoms with van der Waals surface area (Å²) in [5.41, 5.74) is 15.2. The Hall–Kier alpha value is -11.9. The number of primary amides is 1. The van der Waals surface area contributed by atoms with Crippen molar-refractivity contribution in [3.8, 4) is 57.1 Å². The molecule has 5 aliphatic rings. The number of alkyl halides is 6. The molecular weight excluding hydrogens is 1410 g/mol. The van der Waals surface area contributed by atoms with E-state index in [1.54, 1.807) is 24.3 Å². The molecule has 11 rings (SSSR count). The van der Waals surface area contributed by atoms with E-state index in [0.717, 1.165) is 60.7 Å². The maximum atomic E-state index is 15.5. The highest BCUT2D eigenvalue weighted by Gasteiger charge is 2.43. The Balaban J connectivity index is 0.000000925. The summed E-state index contributed by atoms with van der Waals surface area (Å²) in [7, 11) is 1.44. The lowest BCUT2D eigenvalue weighted by Gasteiger charge is -2.31. The number of aliphatic carboxylic acids is 3. The van der Waals surface area contributed by atoms with E-state index in [9.17, 15) is 90.9 Å². The zero-order chi connectivity index (χ0) is 75.0. The molecule has 0 aliphatic carbocycles. The van der Waals surface area contributed by atoms with Crippen molar-refractivity contribution in [3.63, 3.8) is 0 Å². The number of hydrogen-bond donors (Lipinski definition) is 19.